The standard InChI is InChI=1S/C16H21ClN2O3/c1-16(15(21)18-9-10-22-2)8-7-14(20)19(16)11-12-3-5-13(17)6-4-12/h3-6H,7-11H2,1-2H3,(H,18,21)/t16-/m1/s1. The number of hydrogen-bond donors (Lipinski definition) is 1. The summed E-state index contributed by atoms with van der Waals surface area (Å²) in [7, 11) is 1.58. The number of ether oxygens (including phenoxy) is 1. The molecule has 0 aromatic heterocycles. The van der Waals surface area contributed by atoms with Crippen LogP contribution in [0.25, 0.3) is 0 Å². The Labute approximate surface area is 135 Å². The lowest BCUT2D eigenvalue weighted by Gasteiger charge is -2.34. The summed E-state index contributed by atoms with van der Waals surface area (Å²) in [6, 6.07) is 7.31. The highest BCUT2D eigenvalue weighted by Crippen LogP contribution is 2.32. The second-order valence-electron chi connectivity index (χ2n) is 5.63. The van der Waals surface area contributed by atoms with Crippen molar-refractivity contribution >= 4 is 23.4 Å². The predicted octanol–water partition coefficient (Wildman–Crippen LogP) is 1.98. The maximum Gasteiger partial charge on any atom is 0.245 e. The van der Waals surface area contributed by atoms with Crippen molar-refractivity contribution in [2.45, 2.75) is 31.8 Å². The molecule has 0 spiro atoms. The summed E-state index contributed by atoms with van der Waals surface area (Å²) in [6.07, 6.45) is 0.917. The van der Waals surface area contributed by atoms with Gasteiger partial charge in [0.05, 0.1) is 6.61 Å². The number of nitrogens with zero attached hydrogens (tertiary/aromatic N) is 1. The Bertz CT molecular complexity index is 547. The van der Waals surface area contributed by atoms with Crippen LogP contribution in [-0.4, -0.2) is 42.5 Å². The van der Waals surface area contributed by atoms with E-state index in [1.807, 2.05) is 19.1 Å². The zero-order valence-electron chi connectivity index (χ0n) is 12.9. The molecule has 2 rings (SSSR count). The van der Waals surface area contributed by atoms with Crippen LogP contribution in [0.4, 0.5) is 0 Å². The van der Waals surface area contributed by atoms with E-state index in [1.165, 1.54) is 0 Å². The van der Waals surface area contributed by atoms with Crippen molar-refractivity contribution in [1.82, 2.24) is 10.2 Å². The number of likely N-dealkylation sites (tertiary alicyclic amines) is 1. The molecule has 1 N–H and O–H groups in total. The van der Waals surface area contributed by atoms with Gasteiger partial charge in [-0.1, -0.05) is 23.7 Å². The normalized spacial score (nSPS) is 21.2. The van der Waals surface area contributed by atoms with Crippen LogP contribution in [0.15, 0.2) is 24.3 Å². The topological polar surface area (TPSA) is 58.6 Å². The Balaban J connectivity index is 2.10. The molecule has 0 unspecified atom stereocenters. The largest absolute Gasteiger partial charge is 0.383 e. The molecule has 22 heavy (non-hydrogen) atoms. The lowest BCUT2D eigenvalue weighted by atomic mass is 9.97. The van der Waals surface area contributed by atoms with Crippen molar-refractivity contribution < 1.29 is 14.3 Å². The van der Waals surface area contributed by atoms with E-state index in [0.717, 1.165) is 5.56 Å². The number of halogens is 1. The van der Waals surface area contributed by atoms with Gasteiger partial charge in [-0.25, -0.2) is 0 Å². The van der Waals surface area contributed by atoms with Crippen molar-refractivity contribution in [3.8, 4) is 0 Å². The third kappa shape index (κ3) is 3.59. The summed E-state index contributed by atoms with van der Waals surface area (Å²) in [6.45, 7) is 3.11. The molecule has 0 radical (unpaired) electrons. The minimum Gasteiger partial charge on any atom is -0.383 e. The van der Waals surface area contributed by atoms with Crippen molar-refractivity contribution in [2.75, 3.05) is 20.3 Å². The van der Waals surface area contributed by atoms with E-state index in [4.69, 9.17) is 16.3 Å². The van der Waals surface area contributed by atoms with Crippen LogP contribution in [0.1, 0.15) is 25.3 Å². The van der Waals surface area contributed by atoms with Crippen molar-refractivity contribution in [1.29, 1.82) is 0 Å². The molecular weight excluding hydrogens is 304 g/mol. The molecule has 1 saturated heterocycles. The molecule has 1 atom stereocenters. The Morgan fingerprint density at radius 3 is 2.73 bits per heavy atom. The molecule has 1 aliphatic rings. The Hall–Kier alpha value is -1.59. The number of nitrogens with one attached hydrogen (secondary N) is 1. The molecule has 120 valence electrons. The first-order valence-electron chi connectivity index (χ1n) is 7.29. The molecule has 0 saturated carbocycles. The molecule has 1 fully saturated rings. The Morgan fingerprint density at radius 2 is 2.09 bits per heavy atom. The van der Waals surface area contributed by atoms with Crippen molar-refractivity contribution in [3.63, 3.8) is 0 Å². The highest BCUT2D eigenvalue weighted by molar-refractivity contribution is 6.30. The van der Waals surface area contributed by atoms with Gasteiger partial charge in [0.2, 0.25) is 11.8 Å². The van der Waals surface area contributed by atoms with Gasteiger partial charge >= 0.3 is 0 Å². The van der Waals surface area contributed by atoms with Crippen LogP contribution in [0.3, 0.4) is 0 Å². The van der Waals surface area contributed by atoms with E-state index >= 15 is 0 Å². The van der Waals surface area contributed by atoms with Crippen molar-refractivity contribution in [2.24, 2.45) is 0 Å². The molecule has 2 amide bonds. The fourth-order valence-corrected chi connectivity index (χ4v) is 2.75. The third-order valence-electron chi connectivity index (χ3n) is 4.06. The smallest absolute Gasteiger partial charge is 0.245 e. The fraction of sp³-hybridized carbons (Fsp3) is 0.500. The number of hydrogen-bond acceptors (Lipinski definition) is 3. The molecule has 1 aromatic carbocycles. The van der Waals surface area contributed by atoms with Gasteiger partial charge in [-0.05, 0) is 31.0 Å². The highest BCUT2D eigenvalue weighted by Gasteiger charge is 2.46. The van der Waals surface area contributed by atoms with Crippen LogP contribution < -0.4 is 5.32 Å². The lowest BCUT2D eigenvalue weighted by Crippen LogP contribution is -2.54. The Morgan fingerprint density at radius 1 is 1.41 bits per heavy atom. The minimum atomic E-state index is -0.815. The summed E-state index contributed by atoms with van der Waals surface area (Å²) < 4.78 is 4.93. The number of carbonyl (C=O) groups excluding carboxylic acids is 2. The van der Waals surface area contributed by atoms with Gasteiger partial charge in [-0.3, -0.25) is 9.59 Å². The van der Waals surface area contributed by atoms with Crippen LogP contribution in [0.2, 0.25) is 5.02 Å². The molecule has 5 nitrogen and oxygen atoms in total. The van der Waals surface area contributed by atoms with Crippen LogP contribution in [0, 0.1) is 0 Å². The van der Waals surface area contributed by atoms with Crippen LogP contribution in [0.5, 0.6) is 0 Å². The summed E-state index contributed by atoms with van der Waals surface area (Å²) >= 11 is 5.88. The second kappa shape index (κ2) is 7.11. The number of methoxy groups -OCH3 is 1. The highest BCUT2D eigenvalue weighted by atomic mass is 35.5. The average Bonchev–Trinajstić information content (AvgIpc) is 2.79. The summed E-state index contributed by atoms with van der Waals surface area (Å²) in [4.78, 5) is 26.3. The first-order chi connectivity index (χ1) is 10.5. The SMILES string of the molecule is COCCNC(=O)[C@@]1(C)CCC(=O)N1Cc1ccc(Cl)cc1. The van der Waals surface area contributed by atoms with E-state index < -0.39 is 5.54 Å². The molecule has 6 heteroatoms. The van der Waals surface area contributed by atoms with E-state index in [0.29, 0.717) is 37.6 Å². The van der Waals surface area contributed by atoms with E-state index in [2.05, 4.69) is 5.32 Å². The molecule has 1 aromatic rings. The van der Waals surface area contributed by atoms with E-state index in [9.17, 15) is 9.59 Å². The van der Waals surface area contributed by atoms with Gasteiger partial charge in [-0.15, -0.1) is 0 Å². The number of rotatable bonds is 6. The van der Waals surface area contributed by atoms with Gasteiger partial charge in [0, 0.05) is 31.6 Å². The van der Waals surface area contributed by atoms with Gasteiger partial charge in [-0.2, -0.15) is 0 Å². The zero-order valence-corrected chi connectivity index (χ0v) is 13.7. The summed E-state index contributed by atoms with van der Waals surface area (Å²) in [5.41, 5.74) is 0.139. The molecule has 1 heterocycles. The first kappa shape index (κ1) is 16.8. The Kier molecular flexibility index (Phi) is 5.42. The van der Waals surface area contributed by atoms with E-state index in [-0.39, 0.29) is 11.8 Å². The van der Waals surface area contributed by atoms with Gasteiger partial charge in [0.1, 0.15) is 5.54 Å². The van der Waals surface area contributed by atoms with Gasteiger partial charge in [0.25, 0.3) is 0 Å². The number of benzene rings is 1. The maximum absolute atomic E-state index is 12.5. The number of amides is 2. The summed E-state index contributed by atoms with van der Waals surface area (Å²) in [5, 5.41) is 3.48. The van der Waals surface area contributed by atoms with Crippen molar-refractivity contribution in [3.05, 3.63) is 34.9 Å². The van der Waals surface area contributed by atoms with Crippen LogP contribution >= 0.6 is 11.6 Å². The second-order valence-corrected chi connectivity index (χ2v) is 6.07. The summed E-state index contributed by atoms with van der Waals surface area (Å²) in [5.74, 6) is -0.135. The number of carbonyl (C=O) groups is 2. The monoisotopic (exact) mass is 324 g/mol. The predicted molar refractivity (Wildman–Crippen MR) is 84.5 cm³/mol. The third-order valence-corrected chi connectivity index (χ3v) is 4.31. The van der Waals surface area contributed by atoms with Gasteiger partial charge in [0.15, 0.2) is 0 Å². The van der Waals surface area contributed by atoms with E-state index in [1.54, 1.807) is 24.1 Å². The molecule has 0 aliphatic carbocycles. The minimum absolute atomic E-state index is 0.000610. The average molecular weight is 325 g/mol. The quantitative estimate of drug-likeness (QED) is 0.814. The molecule has 1 aliphatic heterocycles. The van der Waals surface area contributed by atoms with Crippen LogP contribution in [-0.2, 0) is 20.9 Å². The first-order valence-corrected chi connectivity index (χ1v) is 7.67. The fourth-order valence-electron chi connectivity index (χ4n) is 2.62. The lowest BCUT2D eigenvalue weighted by molar-refractivity contribution is -0.141. The maximum atomic E-state index is 12.5. The zero-order chi connectivity index (χ0) is 16.2. The molecule has 0 bridgehead atoms. The van der Waals surface area contributed by atoms with Gasteiger partial charge < -0.3 is 15.0 Å². The molecular formula is C16H21ClN2O3.